The van der Waals surface area contributed by atoms with Crippen LogP contribution in [0.1, 0.15) is 39.5 Å². The molecular formula is C18H34N8O6. The maximum atomic E-state index is 12.5. The van der Waals surface area contributed by atoms with Crippen molar-refractivity contribution in [2.75, 3.05) is 13.1 Å². The van der Waals surface area contributed by atoms with Crippen molar-refractivity contribution in [1.82, 2.24) is 16.0 Å². The van der Waals surface area contributed by atoms with Crippen LogP contribution in [0.2, 0.25) is 0 Å². The van der Waals surface area contributed by atoms with Crippen molar-refractivity contribution in [2.45, 2.75) is 57.7 Å². The highest BCUT2D eigenvalue weighted by atomic mass is 16.4. The lowest BCUT2D eigenvalue weighted by Gasteiger charge is -2.21. The van der Waals surface area contributed by atoms with E-state index in [1.165, 1.54) is 0 Å². The molecule has 0 aromatic heterocycles. The third kappa shape index (κ3) is 13.0. The fourth-order valence-electron chi connectivity index (χ4n) is 2.60. The molecule has 0 rings (SSSR count). The van der Waals surface area contributed by atoms with Crippen molar-refractivity contribution in [2.24, 2.45) is 33.8 Å². The first-order valence-electron chi connectivity index (χ1n) is 10.0. The molecule has 0 aliphatic carbocycles. The van der Waals surface area contributed by atoms with Gasteiger partial charge in [-0.1, -0.05) is 13.8 Å². The third-order valence-electron chi connectivity index (χ3n) is 4.10. The number of aliphatic carboxylic acids is 1. The number of carbonyl (C=O) groups excluding carboxylic acids is 4. The molecular weight excluding hydrogens is 424 g/mol. The quantitative estimate of drug-likeness (QED) is 0.0685. The number of nitrogens with two attached hydrogens (primary N) is 4. The summed E-state index contributed by atoms with van der Waals surface area (Å²) in [4.78, 5) is 62.6. The predicted molar refractivity (Wildman–Crippen MR) is 116 cm³/mol. The van der Waals surface area contributed by atoms with Crippen LogP contribution in [0, 0.1) is 5.92 Å². The predicted octanol–water partition coefficient (Wildman–Crippen LogP) is -3.54. The summed E-state index contributed by atoms with van der Waals surface area (Å²) >= 11 is 0. The number of carbonyl (C=O) groups is 5. The number of guanidine groups is 1. The molecule has 0 saturated carbocycles. The van der Waals surface area contributed by atoms with Gasteiger partial charge in [-0.15, -0.1) is 0 Å². The molecule has 0 saturated heterocycles. The second kappa shape index (κ2) is 14.6. The number of primary amides is 1. The lowest BCUT2D eigenvalue weighted by Crippen LogP contribution is -2.53. The van der Waals surface area contributed by atoms with Crippen LogP contribution >= 0.6 is 0 Å². The molecule has 12 N–H and O–H groups in total. The van der Waals surface area contributed by atoms with Gasteiger partial charge in [-0.25, -0.2) is 4.79 Å². The molecule has 3 atom stereocenters. The second-order valence-corrected chi connectivity index (χ2v) is 7.59. The maximum absolute atomic E-state index is 12.5. The molecule has 0 aliphatic rings. The summed E-state index contributed by atoms with van der Waals surface area (Å²) in [6.45, 7) is 3.43. The van der Waals surface area contributed by atoms with Crippen molar-refractivity contribution in [3.63, 3.8) is 0 Å². The lowest BCUT2D eigenvalue weighted by atomic mass is 10.0. The topological polar surface area (TPSA) is 258 Å². The van der Waals surface area contributed by atoms with Crippen molar-refractivity contribution >= 4 is 35.6 Å². The van der Waals surface area contributed by atoms with Gasteiger partial charge >= 0.3 is 5.97 Å². The number of aliphatic imine (C=N–C) groups is 1. The molecule has 14 heteroatoms. The van der Waals surface area contributed by atoms with Crippen LogP contribution in [0.25, 0.3) is 0 Å². The Hall–Kier alpha value is -3.42. The van der Waals surface area contributed by atoms with Crippen molar-refractivity contribution < 1.29 is 29.1 Å². The van der Waals surface area contributed by atoms with Gasteiger partial charge in [-0.05, 0) is 25.2 Å². The van der Waals surface area contributed by atoms with E-state index in [2.05, 4.69) is 20.9 Å². The van der Waals surface area contributed by atoms with Crippen LogP contribution in [-0.2, 0) is 24.0 Å². The van der Waals surface area contributed by atoms with Crippen molar-refractivity contribution in [3.05, 3.63) is 0 Å². The highest BCUT2D eigenvalue weighted by Gasteiger charge is 2.26. The minimum absolute atomic E-state index is 0.116. The molecule has 32 heavy (non-hydrogen) atoms. The number of nitrogens with one attached hydrogen (secondary N) is 3. The molecule has 0 heterocycles. The van der Waals surface area contributed by atoms with Crippen LogP contribution in [-0.4, -0.2) is 71.9 Å². The van der Waals surface area contributed by atoms with E-state index < -0.39 is 60.7 Å². The number of carboxylic acids is 1. The van der Waals surface area contributed by atoms with E-state index >= 15 is 0 Å². The highest BCUT2D eigenvalue weighted by Crippen LogP contribution is 2.05. The summed E-state index contributed by atoms with van der Waals surface area (Å²) in [5, 5.41) is 16.0. The van der Waals surface area contributed by atoms with E-state index in [0.717, 1.165) is 0 Å². The molecule has 14 nitrogen and oxygen atoms in total. The Morgan fingerprint density at radius 3 is 2.09 bits per heavy atom. The standard InChI is InChI=1S/C18H34N8O6/c1-9(2)6-10(19)15(29)26-11(4-3-5-23-18(21)22)16(30)24-8-14(28)25-12(17(31)32)7-13(20)27/h9-12H,3-8,19H2,1-2H3,(H2,20,27)(H,24,30)(H,25,28)(H,26,29)(H,31,32)(H4,21,22,23). The normalized spacial score (nSPS) is 13.4. The summed E-state index contributed by atoms with van der Waals surface area (Å²) in [5.41, 5.74) is 21.3. The van der Waals surface area contributed by atoms with E-state index in [-0.39, 0.29) is 24.8 Å². The Labute approximate surface area is 185 Å². The zero-order chi connectivity index (χ0) is 24.8. The van der Waals surface area contributed by atoms with Gasteiger partial charge in [-0.2, -0.15) is 0 Å². The van der Waals surface area contributed by atoms with E-state index in [0.29, 0.717) is 12.8 Å². The molecule has 0 aromatic rings. The first-order valence-corrected chi connectivity index (χ1v) is 10.0. The fraction of sp³-hybridized carbons (Fsp3) is 0.667. The van der Waals surface area contributed by atoms with Gasteiger partial charge < -0.3 is 44.0 Å². The first kappa shape index (κ1) is 28.6. The molecule has 0 aliphatic heterocycles. The summed E-state index contributed by atoms with van der Waals surface area (Å²) < 4.78 is 0. The molecule has 0 fully saturated rings. The lowest BCUT2D eigenvalue weighted by molar-refractivity contribution is -0.143. The molecule has 0 radical (unpaired) electrons. The van der Waals surface area contributed by atoms with Crippen LogP contribution in [0.4, 0.5) is 0 Å². The van der Waals surface area contributed by atoms with Crippen molar-refractivity contribution in [1.29, 1.82) is 0 Å². The fourth-order valence-corrected chi connectivity index (χ4v) is 2.60. The Morgan fingerprint density at radius 1 is 0.969 bits per heavy atom. The molecule has 0 aromatic carbocycles. The van der Waals surface area contributed by atoms with Gasteiger partial charge in [0.05, 0.1) is 19.0 Å². The van der Waals surface area contributed by atoms with Crippen LogP contribution in [0.3, 0.4) is 0 Å². The molecule has 182 valence electrons. The van der Waals surface area contributed by atoms with Gasteiger partial charge in [0.1, 0.15) is 12.1 Å². The maximum Gasteiger partial charge on any atom is 0.326 e. The molecule has 4 amide bonds. The van der Waals surface area contributed by atoms with Gasteiger partial charge in [-0.3, -0.25) is 24.2 Å². The van der Waals surface area contributed by atoms with Gasteiger partial charge in [0.15, 0.2) is 5.96 Å². The zero-order valence-electron chi connectivity index (χ0n) is 18.3. The summed E-state index contributed by atoms with van der Waals surface area (Å²) in [6, 6.07) is -3.37. The molecule has 3 unspecified atom stereocenters. The van der Waals surface area contributed by atoms with Crippen LogP contribution < -0.4 is 38.9 Å². The zero-order valence-corrected chi connectivity index (χ0v) is 18.3. The SMILES string of the molecule is CC(C)CC(N)C(=O)NC(CCCN=C(N)N)C(=O)NCC(=O)NC(CC(N)=O)C(=O)O. The summed E-state index contributed by atoms with van der Waals surface area (Å²) in [6.07, 6.45) is 0.310. The number of hydrogen-bond acceptors (Lipinski definition) is 7. The Bertz CT molecular complexity index is 708. The number of hydrogen-bond donors (Lipinski definition) is 8. The number of amides is 4. The number of carboxylic acid groups (broad SMARTS) is 1. The smallest absolute Gasteiger partial charge is 0.326 e. The largest absolute Gasteiger partial charge is 0.480 e. The first-order chi connectivity index (χ1) is 14.8. The average molecular weight is 459 g/mol. The summed E-state index contributed by atoms with van der Waals surface area (Å²) in [7, 11) is 0. The monoisotopic (exact) mass is 458 g/mol. The third-order valence-corrected chi connectivity index (χ3v) is 4.10. The van der Waals surface area contributed by atoms with Gasteiger partial charge in [0.25, 0.3) is 0 Å². The Balaban J connectivity index is 4.99. The molecule has 0 bridgehead atoms. The molecule has 0 spiro atoms. The summed E-state index contributed by atoms with van der Waals surface area (Å²) in [5.74, 6) is -4.38. The van der Waals surface area contributed by atoms with E-state index in [1.807, 2.05) is 13.8 Å². The van der Waals surface area contributed by atoms with Crippen molar-refractivity contribution in [3.8, 4) is 0 Å². The van der Waals surface area contributed by atoms with Crippen LogP contribution in [0.15, 0.2) is 4.99 Å². The Morgan fingerprint density at radius 2 is 1.59 bits per heavy atom. The second-order valence-electron chi connectivity index (χ2n) is 7.59. The van der Waals surface area contributed by atoms with Gasteiger partial charge in [0, 0.05) is 6.54 Å². The Kier molecular flexibility index (Phi) is 13.0. The van der Waals surface area contributed by atoms with E-state index in [9.17, 15) is 24.0 Å². The number of nitrogens with zero attached hydrogens (tertiary/aromatic N) is 1. The van der Waals surface area contributed by atoms with E-state index in [4.69, 9.17) is 28.0 Å². The number of rotatable bonds is 15. The van der Waals surface area contributed by atoms with Gasteiger partial charge in [0.2, 0.25) is 23.6 Å². The van der Waals surface area contributed by atoms with E-state index in [1.54, 1.807) is 0 Å². The average Bonchev–Trinajstić information content (AvgIpc) is 2.66. The minimum atomic E-state index is -1.53. The minimum Gasteiger partial charge on any atom is -0.480 e. The highest BCUT2D eigenvalue weighted by molar-refractivity contribution is 5.93. The van der Waals surface area contributed by atoms with Crippen LogP contribution in [0.5, 0.6) is 0 Å².